The first kappa shape index (κ1) is 33.6. The van der Waals surface area contributed by atoms with E-state index in [4.69, 9.17) is 4.74 Å². The monoisotopic (exact) mass is 675 g/mol. The SMILES string of the molecule is C=CCCCOC(=O)[C@H]1[C@H]2C(=O)N([C@@H](CO)C(C)C)C(C(=O)N(CC=C)c3ccc(N(CC)CC)cc3)C23CC(Br)[C@@H]1S3. The van der Waals surface area contributed by atoms with Crippen LogP contribution in [0.25, 0.3) is 0 Å². The van der Waals surface area contributed by atoms with Crippen LogP contribution in [0.4, 0.5) is 11.4 Å². The molecule has 0 aliphatic carbocycles. The summed E-state index contributed by atoms with van der Waals surface area (Å²) >= 11 is 5.39. The molecular weight excluding hydrogens is 630 g/mol. The van der Waals surface area contributed by atoms with E-state index in [1.807, 2.05) is 38.1 Å². The zero-order valence-electron chi connectivity index (χ0n) is 25.8. The normalized spacial score (nSPS) is 28.1. The molecule has 1 spiro atoms. The third-order valence-electron chi connectivity index (χ3n) is 9.21. The number of carbonyl (C=O) groups excluding carboxylic acids is 3. The number of rotatable bonds is 15. The molecule has 0 aromatic heterocycles. The number of carbonyl (C=O) groups is 3. The molecule has 1 aromatic rings. The number of unbranched alkanes of at least 4 members (excludes halogenated alkanes) is 1. The number of allylic oxidation sites excluding steroid dienone is 1. The van der Waals surface area contributed by atoms with Crippen molar-refractivity contribution in [2.75, 3.05) is 42.6 Å². The zero-order chi connectivity index (χ0) is 31.5. The van der Waals surface area contributed by atoms with E-state index in [0.29, 0.717) is 18.5 Å². The average Bonchev–Trinajstić information content (AvgIpc) is 3.58. The average molecular weight is 677 g/mol. The largest absolute Gasteiger partial charge is 0.465 e. The Labute approximate surface area is 269 Å². The Morgan fingerprint density at radius 2 is 1.84 bits per heavy atom. The van der Waals surface area contributed by atoms with Gasteiger partial charge in [-0.3, -0.25) is 14.4 Å². The molecule has 1 N–H and O–H groups in total. The minimum absolute atomic E-state index is 0.0599. The fraction of sp³-hybridized carbons (Fsp3) is 0.606. The van der Waals surface area contributed by atoms with Gasteiger partial charge >= 0.3 is 5.97 Å². The van der Waals surface area contributed by atoms with Gasteiger partial charge in [0.25, 0.3) is 5.91 Å². The zero-order valence-corrected chi connectivity index (χ0v) is 28.2. The van der Waals surface area contributed by atoms with E-state index in [1.165, 1.54) is 0 Å². The second kappa shape index (κ2) is 14.2. The molecule has 10 heteroatoms. The Hall–Kier alpha value is -2.30. The number of benzene rings is 1. The van der Waals surface area contributed by atoms with E-state index in [2.05, 4.69) is 47.8 Å². The van der Waals surface area contributed by atoms with Gasteiger partial charge in [-0.25, -0.2) is 0 Å². The lowest BCUT2D eigenvalue weighted by Gasteiger charge is -2.41. The molecule has 2 bridgehead atoms. The van der Waals surface area contributed by atoms with E-state index >= 15 is 0 Å². The van der Waals surface area contributed by atoms with Gasteiger partial charge in [-0.15, -0.1) is 24.9 Å². The van der Waals surface area contributed by atoms with Gasteiger partial charge in [0.2, 0.25) is 5.91 Å². The highest BCUT2D eigenvalue weighted by atomic mass is 79.9. The van der Waals surface area contributed by atoms with Crippen LogP contribution >= 0.6 is 27.7 Å². The third-order valence-corrected chi connectivity index (χ3v) is 12.4. The molecule has 4 rings (SSSR count). The molecule has 43 heavy (non-hydrogen) atoms. The topological polar surface area (TPSA) is 90.4 Å². The standard InChI is InChI=1S/C33H46BrN3O5S/c1-7-11-12-18-42-32(41)26-27-30(39)37(25(20-38)21(5)6)29(33(27)19-24(34)28(26)43-33)31(40)36(17-8-2)23-15-13-22(14-16-23)35(9-3)10-4/h7-8,13-16,21,24-29,38H,1-2,9-12,17-20H2,3-6H3/t24?,25-,26-,27-,28-,29?,33?/m0/s1. The van der Waals surface area contributed by atoms with Crippen LogP contribution < -0.4 is 9.80 Å². The molecule has 7 atom stereocenters. The summed E-state index contributed by atoms with van der Waals surface area (Å²) in [4.78, 5) is 48.4. The van der Waals surface area contributed by atoms with Crippen molar-refractivity contribution in [2.45, 2.75) is 73.9 Å². The minimum Gasteiger partial charge on any atom is -0.465 e. The number of esters is 1. The first-order valence-electron chi connectivity index (χ1n) is 15.4. The van der Waals surface area contributed by atoms with Gasteiger partial charge in [0.15, 0.2) is 0 Å². The van der Waals surface area contributed by atoms with Crippen LogP contribution in [0.5, 0.6) is 0 Å². The molecule has 3 heterocycles. The smallest absolute Gasteiger partial charge is 0.310 e. The number of amides is 2. The molecule has 236 valence electrons. The number of hydrogen-bond acceptors (Lipinski definition) is 7. The van der Waals surface area contributed by atoms with Crippen LogP contribution in [0.2, 0.25) is 0 Å². The molecule has 0 radical (unpaired) electrons. The van der Waals surface area contributed by atoms with Crippen molar-refractivity contribution in [3.05, 3.63) is 49.6 Å². The summed E-state index contributed by atoms with van der Waals surface area (Å²) in [5, 5.41) is 10.3. The van der Waals surface area contributed by atoms with E-state index in [1.54, 1.807) is 33.7 Å². The number of anilines is 2. The molecule has 2 amide bonds. The summed E-state index contributed by atoms with van der Waals surface area (Å²) in [7, 11) is 0. The number of nitrogens with zero attached hydrogens (tertiary/aromatic N) is 3. The fourth-order valence-corrected chi connectivity index (χ4v) is 10.7. The molecule has 0 saturated carbocycles. The lowest BCUT2D eigenvalue weighted by molar-refractivity contribution is -0.154. The Balaban J connectivity index is 1.76. The van der Waals surface area contributed by atoms with Crippen molar-refractivity contribution in [2.24, 2.45) is 17.8 Å². The second-order valence-electron chi connectivity index (χ2n) is 11.9. The van der Waals surface area contributed by atoms with Crippen LogP contribution in [0.3, 0.4) is 0 Å². The highest BCUT2D eigenvalue weighted by Gasteiger charge is 2.76. The van der Waals surface area contributed by atoms with Crippen molar-refractivity contribution < 1.29 is 24.2 Å². The number of ether oxygens (including phenoxy) is 1. The second-order valence-corrected chi connectivity index (χ2v) is 14.6. The predicted octanol–water partition coefficient (Wildman–Crippen LogP) is 5.04. The van der Waals surface area contributed by atoms with Gasteiger partial charge in [0.05, 0.1) is 35.8 Å². The van der Waals surface area contributed by atoms with Gasteiger partial charge in [0.1, 0.15) is 6.04 Å². The van der Waals surface area contributed by atoms with Gasteiger partial charge in [-0.1, -0.05) is 41.9 Å². The summed E-state index contributed by atoms with van der Waals surface area (Å²) in [6.07, 6.45) is 5.43. The number of aliphatic hydroxyl groups is 1. The number of halogens is 1. The van der Waals surface area contributed by atoms with Crippen LogP contribution in [0, 0.1) is 17.8 Å². The van der Waals surface area contributed by atoms with Crippen LogP contribution in [0.15, 0.2) is 49.6 Å². The summed E-state index contributed by atoms with van der Waals surface area (Å²) < 4.78 is 4.87. The van der Waals surface area contributed by atoms with Crippen molar-refractivity contribution in [1.29, 1.82) is 0 Å². The molecule has 3 aliphatic heterocycles. The van der Waals surface area contributed by atoms with Crippen LogP contribution in [-0.4, -0.2) is 87.5 Å². The lowest BCUT2D eigenvalue weighted by Crippen LogP contribution is -2.59. The highest BCUT2D eigenvalue weighted by molar-refractivity contribution is 9.09. The Morgan fingerprint density at radius 1 is 1.19 bits per heavy atom. The quantitative estimate of drug-likeness (QED) is 0.121. The van der Waals surface area contributed by atoms with E-state index in [9.17, 15) is 19.5 Å². The number of fused-ring (bicyclic) bond motifs is 1. The molecular formula is C33H46BrN3O5S. The maximum atomic E-state index is 14.9. The Kier molecular flexibility index (Phi) is 11.1. The maximum Gasteiger partial charge on any atom is 0.310 e. The molecule has 3 saturated heterocycles. The van der Waals surface area contributed by atoms with Crippen molar-refractivity contribution in [1.82, 2.24) is 4.90 Å². The number of thioether (sulfide) groups is 1. The first-order chi connectivity index (χ1) is 20.6. The molecule has 3 fully saturated rings. The van der Waals surface area contributed by atoms with Crippen molar-refractivity contribution in [3.63, 3.8) is 0 Å². The summed E-state index contributed by atoms with van der Waals surface area (Å²) in [5.41, 5.74) is 1.78. The van der Waals surface area contributed by atoms with Crippen LogP contribution in [-0.2, 0) is 19.1 Å². The number of aliphatic hydroxyl groups excluding tert-OH is 1. The predicted molar refractivity (Wildman–Crippen MR) is 178 cm³/mol. The van der Waals surface area contributed by atoms with Gasteiger partial charge in [-0.2, -0.15) is 0 Å². The minimum atomic E-state index is -0.861. The number of hydrogen-bond donors (Lipinski definition) is 1. The van der Waals surface area contributed by atoms with E-state index in [-0.39, 0.29) is 53.5 Å². The Morgan fingerprint density at radius 3 is 2.40 bits per heavy atom. The highest BCUT2D eigenvalue weighted by Crippen LogP contribution is 2.68. The van der Waals surface area contributed by atoms with E-state index in [0.717, 1.165) is 25.2 Å². The summed E-state index contributed by atoms with van der Waals surface area (Å²) in [6.45, 7) is 17.7. The van der Waals surface area contributed by atoms with E-state index < -0.39 is 28.7 Å². The maximum absolute atomic E-state index is 14.9. The van der Waals surface area contributed by atoms with Crippen LogP contribution in [0.1, 0.15) is 47.0 Å². The molecule has 1 aromatic carbocycles. The molecule has 8 nitrogen and oxygen atoms in total. The summed E-state index contributed by atoms with van der Waals surface area (Å²) in [5.74, 6) is -2.35. The van der Waals surface area contributed by atoms with Gasteiger partial charge in [-0.05, 0) is 63.3 Å². The third kappa shape index (κ3) is 6.03. The summed E-state index contributed by atoms with van der Waals surface area (Å²) in [6, 6.07) is 6.46. The molecule has 3 aliphatic rings. The van der Waals surface area contributed by atoms with Gasteiger partial charge in [0, 0.05) is 41.1 Å². The van der Waals surface area contributed by atoms with Gasteiger partial charge < -0.3 is 24.5 Å². The number of alkyl halides is 1. The fourth-order valence-electron chi connectivity index (χ4n) is 7.12. The van der Waals surface area contributed by atoms with Crippen molar-refractivity contribution in [3.8, 4) is 0 Å². The molecule has 3 unspecified atom stereocenters. The number of likely N-dealkylation sites (tertiary alicyclic amines) is 1. The first-order valence-corrected chi connectivity index (χ1v) is 17.2. The van der Waals surface area contributed by atoms with Crippen molar-refractivity contribution >= 4 is 56.9 Å². The Bertz CT molecular complexity index is 1190. The lowest BCUT2D eigenvalue weighted by atomic mass is 9.71.